The first kappa shape index (κ1) is 22.1. The molecule has 1 saturated heterocycles. The largest absolute Gasteiger partial charge is 0.433 e. The van der Waals surface area contributed by atoms with Crippen molar-refractivity contribution in [2.24, 2.45) is 0 Å². The molecule has 176 valence electrons. The molecular weight excluding hydrogens is 447 g/mol. The molecule has 7 nitrogen and oxygen atoms in total. The van der Waals surface area contributed by atoms with Gasteiger partial charge in [0, 0.05) is 24.1 Å². The maximum atomic E-state index is 13.9. The average molecular weight is 469 g/mol. The Bertz CT molecular complexity index is 1360. The molecule has 0 saturated carbocycles. The highest BCUT2D eigenvalue weighted by Crippen LogP contribution is 2.38. The summed E-state index contributed by atoms with van der Waals surface area (Å²) < 4.78 is 47.8. The number of hydrogen-bond donors (Lipinski definition) is 0. The van der Waals surface area contributed by atoms with Crippen molar-refractivity contribution in [1.82, 2.24) is 24.7 Å². The number of aryl methyl sites for hydroxylation is 2. The number of benzene rings is 1. The lowest BCUT2D eigenvalue weighted by molar-refractivity contribution is -0.142. The van der Waals surface area contributed by atoms with E-state index in [-0.39, 0.29) is 22.9 Å². The van der Waals surface area contributed by atoms with Gasteiger partial charge >= 0.3 is 6.18 Å². The van der Waals surface area contributed by atoms with E-state index >= 15 is 0 Å². The zero-order valence-electron chi connectivity index (χ0n) is 18.6. The summed E-state index contributed by atoms with van der Waals surface area (Å²) in [7, 11) is 0. The van der Waals surface area contributed by atoms with E-state index in [0.29, 0.717) is 34.5 Å². The van der Waals surface area contributed by atoms with Gasteiger partial charge in [0.1, 0.15) is 11.3 Å². The predicted octanol–water partition coefficient (Wildman–Crippen LogP) is 5.25. The van der Waals surface area contributed by atoms with Crippen LogP contribution in [0.3, 0.4) is 0 Å². The molecule has 3 aromatic heterocycles. The summed E-state index contributed by atoms with van der Waals surface area (Å²) in [4.78, 5) is 19.7. The number of alkyl halides is 3. The Morgan fingerprint density at radius 1 is 1.24 bits per heavy atom. The van der Waals surface area contributed by atoms with Gasteiger partial charge in [0.25, 0.3) is 5.91 Å². The molecule has 1 aliphatic heterocycles. The molecule has 0 radical (unpaired) electrons. The summed E-state index contributed by atoms with van der Waals surface area (Å²) in [5.41, 5.74) is 1.14. The summed E-state index contributed by atoms with van der Waals surface area (Å²) in [5, 5.41) is 7.96. The Labute approximate surface area is 193 Å². The van der Waals surface area contributed by atoms with E-state index in [2.05, 4.69) is 15.2 Å². The van der Waals surface area contributed by atoms with Gasteiger partial charge in [-0.3, -0.25) is 4.79 Å². The van der Waals surface area contributed by atoms with Crippen LogP contribution >= 0.6 is 0 Å². The summed E-state index contributed by atoms with van der Waals surface area (Å²) in [5.74, 6) is 0.303. The number of fused-ring (bicyclic) bond motifs is 1. The SMILES string of the molecule is CCc1onc(C)c1[C@@H]1CCCN1C(=O)c1cnn2c(C(F)(F)F)cc(-c3ccccc3)nc12. The van der Waals surface area contributed by atoms with Crippen molar-refractivity contribution in [1.29, 1.82) is 0 Å². The highest BCUT2D eigenvalue weighted by Gasteiger charge is 2.39. The highest BCUT2D eigenvalue weighted by molar-refractivity contribution is 6.00. The van der Waals surface area contributed by atoms with Crippen molar-refractivity contribution >= 4 is 11.6 Å². The lowest BCUT2D eigenvalue weighted by Crippen LogP contribution is -2.31. The van der Waals surface area contributed by atoms with Crippen LogP contribution < -0.4 is 0 Å². The second-order valence-corrected chi connectivity index (χ2v) is 8.30. The third kappa shape index (κ3) is 3.63. The Morgan fingerprint density at radius 3 is 2.71 bits per heavy atom. The minimum absolute atomic E-state index is 0.0299. The van der Waals surface area contributed by atoms with Crippen molar-refractivity contribution in [2.45, 2.75) is 45.3 Å². The van der Waals surface area contributed by atoms with Crippen LogP contribution in [0.2, 0.25) is 0 Å². The molecule has 4 aromatic rings. The zero-order chi connectivity index (χ0) is 24.0. The molecule has 0 bridgehead atoms. The Morgan fingerprint density at radius 2 is 2.00 bits per heavy atom. The minimum Gasteiger partial charge on any atom is -0.361 e. The first-order valence-electron chi connectivity index (χ1n) is 11.1. The number of aromatic nitrogens is 4. The van der Waals surface area contributed by atoms with Crippen LogP contribution in [0.4, 0.5) is 13.2 Å². The minimum atomic E-state index is -4.68. The van der Waals surface area contributed by atoms with Gasteiger partial charge in [-0.25, -0.2) is 9.50 Å². The summed E-state index contributed by atoms with van der Waals surface area (Å²) >= 11 is 0. The van der Waals surface area contributed by atoms with Crippen molar-refractivity contribution in [3.63, 3.8) is 0 Å². The highest BCUT2D eigenvalue weighted by atomic mass is 19.4. The van der Waals surface area contributed by atoms with Gasteiger partial charge in [-0.15, -0.1) is 0 Å². The fraction of sp³-hybridized carbons (Fsp3) is 0.333. The van der Waals surface area contributed by atoms with E-state index in [0.717, 1.165) is 24.5 Å². The average Bonchev–Trinajstić information content (AvgIpc) is 3.55. The van der Waals surface area contributed by atoms with E-state index in [4.69, 9.17) is 4.52 Å². The first-order chi connectivity index (χ1) is 16.3. The third-order valence-corrected chi connectivity index (χ3v) is 6.21. The van der Waals surface area contributed by atoms with E-state index in [1.54, 1.807) is 35.2 Å². The van der Waals surface area contributed by atoms with Crippen molar-refractivity contribution in [3.8, 4) is 11.3 Å². The fourth-order valence-electron chi connectivity index (χ4n) is 4.64. The molecule has 0 spiro atoms. The monoisotopic (exact) mass is 469 g/mol. The van der Waals surface area contributed by atoms with E-state index < -0.39 is 17.8 Å². The second kappa shape index (κ2) is 8.27. The first-order valence-corrected chi connectivity index (χ1v) is 11.1. The maximum absolute atomic E-state index is 13.9. The molecule has 1 aromatic carbocycles. The molecule has 0 unspecified atom stereocenters. The fourth-order valence-corrected chi connectivity index (χ4v) is 4.64. The van der Waals surface area contributed by atoms with Gasteiger partial charge in [0.2, 0.25) is 0 Å². The molecule has 1 aliphatic rings. The molecule has 4 heterocycles. The van der Waals surface area contributed by atoms with E-state index in [1.165, 1.54) is 6.20 Å². The van der Waals surface area contributed by atoms with Crippen LogP contribution in [-0.4, -0.2) is 37.1 Å². The van der Waals surface area contributed by atoms with Gasteiger partial charge in [0.15, 0.2) is 11.3 Å². The van der Waals surface area contributed by atoms with E-state index in [9.17, 15) is 18.0 Å². The predicted molar refractivity (Wildman–Crippen MR) is 117 cm³/mol. The van der Waals surface area contributed by atoms with Crippen molar-refractivity contribution < 1.29 is 22.5 Å². The summed E-state index contributed by atoms with van der Waals surface area (Å²) in [6.07, 6.45) is -1.40. The lowest BCUT2D eigenvalue weighted by Gasteiger charge is -2.24. The van der Waals surface area contributed by atoms with E-state index in [1.807, 2.05) is 13.8 Å². The normalized spacial score (nSPS) is 16.5. The Balaban J connectivity index is 1.62. The molecule has 0 aliphatic carbocycles. The second-order valence-electron chi connectivity index (χ2n) is 8.30. The van der Waals surface area contributed by atoms with Crippen LogP contribution in [0.1, 0.15) is 58.9 Å². The van der Waals surface area contributed by atoms with Gasteiger partial charge in [-0.1, -0.05) is 42.4 Å². The molecule has 1 atom stereocenters. The Hall–Kier alpha value is -3.69. The summed E-state index contributed by atoms with van der Waals surface area (Å²) in [6, 6.07) is 9.25. The third-order valence-electron chi connectivity index (χ3n) is 6.21. The number of rotatable bonds is 4. The number of nitrogens with zero attached hydrogens (tertiary/aromatic N) is 5. The van der Waals surface area contributed by atoms with Gasteiger partial charge in [-0.2, -0.15) is 18.3 Å². The quantitative estimate of drug-likeness (QED) is 0.408. The molecule has 5 rings (SSSR count). The number of halogens is 3. The number of carbonyl (C=O) groups excluding carboxylic acids is 1. The lowest BCUT2D eigenvalue weighted by atomic mass is 10.0. The smallest absolute Gasteiger partial charge is 0.361 e. The molecule has 10 heteroatoms. The molecule has 0 N–H and O–H groups in total. The molecular formula is C24H22F3N5O2. The molecule has 1 fully saturated rings. The zero-order valence-corrected chi connectivity index (χ0v) is 18.6. The van der Waals surface area contributed by atoms with Crippen LogP contribution in [-0.2, 0) is 12.6 Å². The number of carbonyl (C=O) groups is 1. The summed E-state index contributed by atoms with van der Waals surface area (Å²) in [6.45, 7) is 4.25. The van der Waals surface area contributed by atoms with Crippen molar-refractivity contribution in [3.05, 3.63) is 70.9 Å². The van der Waals surface area contributed by atoms with Crippen LogP contribution in [0.5, 0.6) is 0 Å². The van der Waals surface area contributed by atoms with Crippen LogP contribution in [0.25, 0.3) is 16.9 Å². The van der Waals surface area contributed by atoms with Gasteiger partial charge in [-0.05, 0) is 25.8 Å². The van der Waals surface area contributed by atoms with Crippen molar-refractivity contribution in [2.75, 3.05) is 6.54 Å². The number of hydrogen-bond acceptors (Lipinski definition) is 5. The molecule has 1 amide bonds. The van der Waals surface area contributed by atoms with Crippen LogP contribution in [0.15, 0.2) is 47.1 Å². The Kier molecular flexibility index (Phi) is 5.38. The maximum Gasteiger partial charge on any atom is 0.433 e. The van der Waals surface area contributed by atoms with Gasteiger partial charge in [0.05, 0.1) is 23.6 Å². The topological polar surface area (TPSA) is 76.5 Å². The van der Waals surface area contributed by atoms with Crippen LogP contribution in [0, 0.1) is 6.92 Å². The van der Waals surface area contributed by atoms with Gasteiger partial charge < -0.3 is 9.42 Å². The molecule has 34 heavy (non-hydrogen) atoms. The standard InChI is InChI=1S/C24H22F3N5O2/c1-3-19-21(14(2)30-34-19)18-10-7-11-31(18)23(33)16-13-28-32-20(24(25,26)27)12-17(29-22(16)32)15-8-5-4-6-9-15/h4-6,8-9,12-13,18H,3,7,10-11H2,1-2H3/t18-/m0/s1. The number of amides is 1. The number of likely N-dealkylation sites (tertiary alicyclic amines) is 1.